The maximum absolute atomic E-state index is 10.2. The molecular weight excluding hydrogens is 311 g/mol. The molecule has 0 rings (SSSR count). The second-order valence-corrected chi connectivity index (χ2v) is 6.70. The van der Waals surface area contributed by atoms with Crippen molar-refractivity contribution in [1.29, 1.82) is 0 Å². The van der Waals surface area contributed by atoms with Gasteiger partial charge in [0.25, 0.3) is 0 Å². The first-order chi connectivity index (χ1) is 11.1. The van der Waals surface area contributed by atoms with Crippen LogP contribution in [0.5, 0.6) is 0 Å². The molecule has 0 heterocycles. The zero-order valence-electron chi connectivity index (χ0n) is 16.1. The molecule has 4 heteroatoms. The van der Waals surface area contributed by atoms with E-state index in [2.05, 4.69) is 12.2 Å². The summed E-state index contributed by atoms with van der Waals surface area (Å²) < 4.78 is 0. The molecule has 0 saturated heterocycles. The van der Waals surface area contributed by atoms with Crippen LogP contribution >= 0.6 is 0 Å². The van der Waals surface area contributed by atoms with Crippen molar-refractivity contribution in [2.24, 2.45) is 0 Å². The SMILES string of the molecule is CC(O)CCC/C=C\CCCCCCCCCCCCC(=O)[O-].[Na+]. The molecule has 0 bridgehead atoms. The molecule has 0 radical (unpaired) electrons. The first-order valence-corrected chi connectivity index (χ1v) is 9.66. The van der Waals surface area contributed by atoms with Gasteiger partial charge in [-0.25, -0.2) is 0 Å². The van der Waals surface area contributed by atoms with Gasteiger partial charge >= 0.3 is 29.6 Å². The fourth-order valence-corrected chi connectivity index (χ4v) is 2.71. The third-order valence-corrected chi connectivity index (χ3v) is 4.16. The Morgan fingerprint density at radius 3 is 1.71 bits per heavy atom. The van der Waals surface area contributed by atoms with Crippen LogP contribution in [0.25, 0.3) is 0 Å². The van der Waals surface area contributed by atoms with Crippen LogP contribution in [0.15, 0.2) is 12.2 Å². The fraction of sp³-hybridized carbons (Fsp3) is 0.850. The molecule has 0 fully saturated rings. The van der Waals surface area contributed by atoms with Gasteiger partial charge in [0.1, 0.15) is 0 Å². The van der Waals surface area contributed by atoms with Crippen LogP contribution in [-0.2, 0) is 4.79 Å². The summed E-state index contributed by atoms with van der Waals surface area (Å²) in [4.78, 5) is 10.2. The van der Waals surface area contributed by atoms with Crippen LogP contribution in [0, 0.1) is 0 Å². The third-order valence-electron chi connectivity index (χ3n) is 4.16. The third kappa shape index (κ3) is 24.4. The monoisotopic (exact) mass is 348 g/mol. The molecule has 0 aromatic carbocycles. The summed E-state index contributed by atoms with van der Waals surface area (Å²) in [6.45, 7) is 1.85. The zero-order chi connectivity index (χ0) is 17.2. The maximum Gasteiger partial charge on any atom is 1.00 e. The molecule has 136 valence electrons. The van der Waals surface area contributed by atoms with E-state index in [1.54, 1.807) is 0 Å². The van der Waals surface area contributed by atoms with Gasteiger partial charge < -0.3 is 15.0 Å². The Labute approximate surface area is 171 Å². The number of carbonyl (C=O) groups is 1. The smallest absolute Gasteiger partial charge is 0.550 e. The van der Waals surface area contributed by atoms with E-state index in [9.17, 15) is 9.90 Å². The first-order valence-electron chi connectivity index (χ1n) is 9.66. The van der Waals surface area contributed by atoms with Gasteiger partial charge in [-0.1, -0.05) is 63.5 Å². The molecule has 0 aliphatic heterocycles. The topological polar surface area (TPSA) is 60.4 Å². The molecule has 24 heavy (non-hydrogen) atoms. The number of unbranched alkanes of at least 4 members (excludes halogenated alkanes) is 11. The zero-order valence-corrected chi connectivity index (χ0v) is 18.1. The van der Waals surface area contributed by atoms with Gasteiger partial charge in [0, 0.05) is 5.97 Å². The minimum Gasteiger partial charge on any atom is -0.550 e. The molecule has 1 N–H and O–H groups in total. The number of hydrogen-bond donors (Lipinski definition) is 1. The second-order valence-electron chi connectivity index (χ2n) is 6.70. The van der Waals surface area contributed by atoms with Crippen molar-refractivity contribution in [2.45, 2.75) is 109 Å². The predicted octanol–water partition coefficient (Wildman–Crippen LogP) is 1.53. The minimum atomic E-state index is -0.917. The van der Waals surface area contributed by atoms with Crippen LogP contribution < -0.4 is 34.7 Å². The number of hydrogen-bond acceptors (Lipinski definition) is 3. The first kappa shape index (κ1) is 26.4. The van der Waals surface area contributed by atoms with Gasteiger partial charge in [-0.3, -0.25) is 0 Å². The van der Waals surface area contributed by atoms with E-state index < -0.39 is 5.97 Å². The Hall–Kier alpha value is 0.170. The van der Waals surface area contributed by atoms with E-state index in [-0.39, 0.29) is 42.1 Å². The van der Waals surface area contributed by atoms with E-state index in [0.29, 0.717) is 0 Å². The predicted molar refractivity (Wildman–Crippen MR) is 95.1 cm³/mol. The standard InChI is InChI=1S/C20H38O3.Na/c1-19(21)17-15-13-11-9-7-5-3-2-4-6-8-10-12-14-16-18-20(22)23;/h9,11,19,21H,2-8,10,12-18H2,1H3,(H,22,23);/q;+1/p-1/b11-9-;. The van der Waals surface area contributed by atoms with Crippen molar-refractivity contribution >= 4 is 5.97 Å². The van der Waals surface area contributed by atoms with Crippen molar-refractivity contribution < 1.29 is 44.6 Å². The average molecular weight is 349 g/mol. The number of carbonyl (C=O) groups excluding carboxylic acids is 1. The quantitative estimate of drug-likeness (QED) is 0.246. The number of aliphatic hydroxyl groups excluding tert-OH is 1. The van der Waals surface area contributed by atoms with Crippen LogP contribution in [0.2, 0.25) is 0 Å². The van der Waals surface area contributed by atoms with E-state index in [1.165, 1.54) is 51.4 Å². The largest absolute Gasteiger partial charge is 1.00 e. The van der Waals surface area contributed by atoms with Crippen molar-refractivity contribution in [3.05, 3.63) is 12.2 Å². The number of carboxylic acids is 1. The Kier molecular flexibility index (Phi) is 23.3. The van der Waals surface area contributed by atoms with Crippen LogP contribution in [0.1, 0.15) is 103 Å². The van der Waals surface area contributed by atoms with Gasteiger partial charge in [-0.05, 0) is 51.9 Å². The van der Waals surface area contributed by atoms with Crippen molar-refractivity contribution in [3.8, 4) is 0 Å². The number of aliphatic carboxylic acids is 1. The normalized spacial score (nSPS) is 12.2. The molecule has 0 amide bonds. The van der Waals surface area contributed by atoms with E-state index in [4.69, 9.17) is 5.11 Å². The molecule has 0 aromatic rings. The van der Waals surface area contributed by atoms with Gasteiger partial charge in [-0.2, -0.15) is 0 Å². The van der Waals surface area contributed by atoms with E-state index >= 15 is 0 Å². The van der Waals surface area contributed by atoms with Crippen molar-refractivity contribution in [3.63, 3.8) is 0 Å². The molecule has 0 aliphatic carbocycles. The molecule has 0 aliphatic rings. The van der Waals surface area contributed by atoms with Crippen molar-refractivity contribution in [1.82, 2.24) is 0 Å². The number of carboxylic acid groups (broad SMARTS) is 1. The summed E-state index contributed by atoms with van der Waals surface area (Å²) in [5, 5.41) is 19.4. The van der Waals surface area contributed by atoms with Crippen LogP contribution in [0.4, 0.5) is 0 Å². The molecular formula is C20H37NaO3. The van der Waals surface area contributed by atoms with Crippen LogP contribution in [-0.4, -0.2) is 17.2 Å². The second kappa shape index (κ2) is 21.2. The van der Waals surface area contributed by atoms with E-state index in [0.717, 1.165) is 38.5 Å². The van der Waals surface area contributed by atoms with Gasteiger partial charge in [0.15, 0.2) is 0 Å². The Morgan fingerprint density at radius 1 is 0.833 bits per heavy atom. The summed E-state index contributed by atoms with van der Waals surface area (Å²) in [5.74, 6) is -0.917. The Balaban J connectivity index is 0. The summed E-state index contributed by atoms with van der Waals surface area (Å²) in [6.07, 6.45) is 20.9. The van der Waals surface area contributed by atoms with Gasteiger partial charge in [0.2, 0.25) is 0 Å². The number of rotatable bonds is 17. The summed E-state index contributed by atoms with van der Waals surface area (Å²) >= 11 is 0. The minimum absolute atomic E-state index is 0. The molecule has 0 aromatic heterocycles. The molecule has 1 unspecified atom stereocenters. The average Bonchev–Trinajstić information content (AvgIpc) is 2.49. The Morgan fingerprint density at radius 2 is 1.25 bits per heavy atom. The number of allylic oxidation sites excluding steroid dienone is 2. The van der Waals surface area contributed by atoms with Crippen molar-refractivity contribution in [2.75, 3.05) is 0 Å². The van der Waals surface area contributed by atoms with Gasteiger partial charge in [0.05, 0.1) is 6.10 Å². The molecule has 1 atom stereocenters. The Bertz CT molecular complexity index is 291. The van der Waals surface area contributed by atoms with Gasteiger partial charge in [-0.15, -0.1) is 0 Å². The molecule has 0 saturated carbocycles. The maximum atomic E-state index is 10.2. The van der Waals surface area contributed by atoms with E-state index in [1.807, 2.05) is 6.92 Å². The number of aliphatic hydroxyl groups is 1. The summed E-state index contributed by atoms with van der Waals surface area (Å²) in [5.41, 5.74) is 0. The van der Waals surface area contributed by atoms with Crippen LogP contribution in [0.3, 0.4) is 0 Å². The summed E-state index contributed by atoms with van der Waals surface area (Å²) in [7, 11) is 0. The summed E-state index contributed by atoms with van der Waals surface area (Å²) in [6, 6.07) is 0. The molecule has 0 spiro atoms. The molecule has 3 nitrogen and oxygen atoms in total. The fourth-order valence-electron chi connectivity index (χ4n) is 2.71.